The Morgan fingerprint density at radius 3 is 2.67 bits per heavy atom. The summed E-state index contributed by atoms with van der Waals surface area (Å²) in [4.78, 5) is 20.8. The number of aromatic nitrogens is 2. The summed E-state index contributed by atoms with van der Waals surface area (Å²) < 4.78 is 5.99. The number of carbonyl (C=O) groups is 1. The zero-order chi connectivity index (χ0) is 23.0. The molecule has 0 saturated carbocycles. The quantitative estimate of drug-likeness (QED) is 0.260. The van der Waals surface area contributed by atoms with Crippen molar-refractivity contribution in [1.82, 2.24) is 15.3 Å². The highest BCUT2D eigenvalue weighted by molar-refractivity contribution is 7.99. The first-order valence-electron chi connectivity index (χ1n) is 11.0. The summed E-state index contributed by atoms with van der Waals surface area (Å²) in [5.74, 6) is 5.06. The molecule has 1 saturated heterocycles. The van der Waals surface area contributed by atoms with E-state index in [1.807, 2.05) is 42.5 Å². The third-order valence-corrected chi connectivity index (χ3v) is 6.09. The van der Waals surface area contributed by atoms with Gasteiger partial charge in [-0.1, -0.05) is 17.7 Å². The lowest BCUT2D eigenvalue weighted by atomic mass is 9.99. The molecule has 0 radical (unpaired) electrons. The monoisotopic (exact) mass is 461 g/mol. The van der Waals surface area contributed by atoms with E-state index in [-0.39, 0.29) is 5.91 Å². The minimum Gasteiger partial charge on any atom is -0.493 e. The number of hydrogen-bond acceptors (Lipinski definition) is 7. The van der Waals surface area contributed by atoms with Crippen LogP contribution in [0.4, 0.5) is 17.2 Å². The first kappa shape index (κ1) is 22.9. The van der Waals surface area contributed by atoms with Crippen molar-refractivity contribution in [2.75, 3.05) is 36.1 Å². The molecule has 0 atom stereocenters. The maximum atomic E-state index is 11.5. The van der Waals surface area contributed by atoms with Crippen LogP contribution in [-0.4, -0.2) is 41.3 Å². The van der Waals surface area contributed by atoms with Gasteiger partial charge in [0.1, 0.15) is 11.6 Å². The topological polar surface area (TPSA) is 88.2 Å². The molecular weight excluding hydrogens is 434 g/mol. The van der Waals surface area contributed by atoms with Crippen molar-refractivity contribution in [3.63, 3.8) is 0 Å². The van der Waals surface area contributed by atoms with Crippen LogP contribution in [0, 0.1) is 18.3 Å². The second-order valence-corrected chi connectivity index (χ2v) is 8.86. The third kappa shape index (κ3) is 6.37. The lowest BCUT2D eigenvalue weighted by Crippen LogP contribution is -2.30. The predicted octanol–water partition coefficient (Wildman–Crippen LogP) is 4.44. The minimum absolute atomic E-state index is 0.133. The van der Waals surface area contributed by atoms with Crippen LogP contribution < -0.4 is 20.7 Å². The molecule has 3 aromatic rings. The first-order chi connectivity index (χ1) is 16.1. The molecule has 2 heterocycles. The fourth-order valence-corrected chi connectivity index (χ4v) is 4.22. The van der Waals surface area contributed by atoms with Gasteiger partial charge in [-0.3, -0.25) is 4.79 Å². The average Bonchev–Trinajstić information content (AvgIpc) is 2.83. The molecule has 1 amide bonds. The number of nitrogens with zero attached hydrogens (tertiary/aromatic N) is 2. The van der Waals surface area contributed by atoms with Crippen molar-refractivity contribution in [1.29, 1.82) is 0 Å². The van der Waals surface area contributed by atoms with E-state index in [1.54, 1.807) is 0 Å². The number of benzene rings is 2. The molecule has 0 bridgehead atoms. The Labute approximate surface area is 198 Å². The Kier molecular flexibility index (Phi) is 7.66. The van der Waals surface area contributed by atoms with E-state index in [1.165, 1.54) is 18.7 Å². The number of piperidine rings is 1. The van der Waals surface area contributed by atoms with Crippen LogP contribution >= 0.6 is 11.8 Å². The van der Waals surface area contributed by atoms with E-state index in [0.29, 0.717) is 28.3 Å². The molecule has 4 rings (SSSR count). The molecule has 1 fully saturated rings. The van der Waals surface area contributed by atoms with Gasteiger partial charge in [-0.2, -0.15) is 0 Å². The number of terminal acetylenes is 1. The van der Waals surface area contributed by atoms with E-state index < -0.39 is 0 Å². The zero-order valence-corrected chi connectivity index (χ0v) is 19.4. The molecule has 0 unspecified atom stereocenters. The molecule has 33 heavy (non-hydrogen) atoms. The van der Waals surface area contributed by atoms with E-state index in [9.17, 15) is 4.79 Å². The molecule has 1 aliphatic heterocycles. The lowest BCUT2D eigenvalue weighted by Gasteiger charge is -2.22. The maximum Gasteiger partial charge on any atom is 0.221 e. The van der Waals surface area contributed by atoms with E-state index in [4.69, 9.17) is 11.2 Å². The zero-order valence-electron chi connectivity index (χ0n) is 18.6. The van der Waals surface area contributed by atoms with Gasteiger partial charge in [0.15, 0.2) is 5.16 Å². The van der Waals surface area contributed by atoms with Gasteiger partial charge in [0.2, 0.25) is 5.91 Å². The highest BCUT2D eigenvalue weighted by atomic mass is 32.2. The van der Waals surface area contributed by atoms with Crippen LogP contribution in [-0.2, 0) is 4.79 Å². The molecule has 1 aliphatic rings. The standard InChI is InChI=1S/C25H27N5O2S/c1-3-14-33-25-29-23-9-6-20(27-17(2)31)15-22(23)24(30-25)28-19-4-7-21(8-5-19)32-16-18-10-12-26-13-11-18/h1,4-9,15,18,26H,10-14,16H2,2H3,(H,27,31)(H,28,29,30). The van der Waals surface area contributed by atoms with Crippen molar-refractivity contribution in [3.05, 3.63) is 42.5 Å². The number of carbonyl (C=O) groups excluding carboxylic acids is 1. The Morgan fingerprint density at radius 1 is 1.18 bits per heavy atom. The van der Waals surface area contributed by atoms with Gasteiger partial charge in [-0.15, -0.1) is 6.42 Å². The number of rotatable bonds is 8. The molecule has 1 aromatic heterocycles. The molecule has 0 aliphatic carbocycles. The van der Waals surface area contributed by atoms with Crippen molar-refractivity contribution in [3.8, 4) is 18.1 Å². The Bertz CT molecular complexity index is 1150. The Balaban J connectivity index is 1.53. The summed E-state index contributed by atoms with van der Waals surface area (Å²) in [7, 11) is 0. The summed E-state index contributed by atoms with van der Waals surface area (Å²) in [6.45, 7) is 4.35. The third-order valence-electron chi connectivity index (χ3n) is 5.34. The summed E-state index contributed by atoms with van der Waals surface area (Å²) in [5.41, 5.74) is 2.33. The molecule has 8 heteroatoms. The molecule has 3 N–H and O–H groups in total. The highest BCUT2D eigenvalue weighted by Crippen LogP contribution is 2.30. The maximum absolute atomic E-state index is 11.5. The highest BCUT2D eigenvalue weighted by Gasteiger charge is 2.14. The van der Waals surface area contributed by atoms with Crippen molar-refractivity contribution in [2.45, 2.75) is 24.9 Å². The van der Waals surface area contributed by atoms with Gasteiger partial charge in [-0.25, -0.2) is 9.97 Å². The SMILES string of the molecule is C#CCSc1nc(Nc2ccc(OCC3CCNCC3)cc2)c2cc(NC(C)=O)ccc2n1. The predicted molar refractivity (Wildman–Crippen MR) is 134 cm³/mol. The van der Waals surface area contributed by atoms with Crippen LogP contribution in [0.25, 0.3) is 10.9 Å². The number of fused-ring (bicyclic) bond motifs is 1. The van der Waals surface area contributed by atoms with E-state index >= 15 is 0 Å². The number of hydrogen-bond donors (Lipinski definition) is 3. The van der Waals surface area contributed by atoms with Crippen LogP contribution in [0.5, 0.6) is 5.75 Å². The molecule has 7 nitrogen and oxygen atoms in total. The molecule has 0 spiro atoms. The fraction of sp³-hybridized carbons (Fsp3) is 0.320. The van der Waals surface area contributed by atoms with Crippen molar-refractivity contribution in [2.24, 2.45) is 5.92 Å². The molecule has 2 aromatic carbocycles. The summed E-state index contributed by atoms with van der Waals surface area (Å²) in [6, 6.07) is 13.4. The average molecular weight is 462 g/mol. The lowest BCUT2D eigenvalue weighted by molar-refractivity contribution is -0.114. The number of amides is 1. The summed E-state index contributed by atoms with van der Waals surface area (Å²) >= 11 is 1.40. The summed E-state index contributed by atoms with van der Waals surface area (Å²) in [5, 5.41) is 11.0. The normalized spacial score (nSPS) is 13.9. The van der Waals surface area contributed by atoms with Crippen molar-refractivity contribution >= 4 is 45.8 Å². The van der Waals surface area contributed by atoms with Gasteiger partial charge in [0, 0.05) is 23.7 Å². The fourth-order valence-electron chi connectivity index (χ4n) is 3.69. The van der Waals surface area contributed by atoms with Crippen LogP contribution in [0.2, 0.25) is 0 Å². The summed E-state index contributed by atoms with van der Waals surface area (Å²) in [6.07, 6.45) is 7.71. The van der Waals surface area contributed by atoms with Gasteiger partial charge >= 0.3 is 0 Å². The van der Waals surface area contributed by atoms with Gasteiger partial charge in [-0.05, 0) is 74.3 Å². The molecular formula is C25H27N5O2S. The second kappa shape index (κ2) is 11.0. The Hall–Kier alpha value is -3.28. The number of ether oxygens (including phenoxy) is 1. The van der Waals surface area contributed by atoms with Crippen LogP contribution in [0.15, 0.2) is 47.6 Å². The Morgan fingerprint density at radius 2 is 1.94 bits per heavy atom. The first-order valence-corrected chi connectivity index (χ1v) is 12.0. The largest absolute Gasteiger partial charge is 0.493 e. The smallest absolute Gasteiger partial charge is 0.221 e. The number of thioether (sulfide) groups is 1. The van der Waals surface area contributed by atoms with Crippen molar-refractivity contribution < 1.29 is 9.53 Å². The van der Waals surface area contributed by atoms with E-state index in [2.05, 4.69) is 31.8 Å². The number of anilines is 3. The van der Waals surface area contributed by atoms with Gasteiger partial charge in [0.05, 0.1) is 17.9 Å². The second-order valence-electron chi connectivity index (χ2n) is 7.91. The molecule has 170 valence electrons. The van der Waals surface area contributed by atoms with E-state index in [0.717, 1.165) is 54.9 Å². The van der Waals surface area contributed by atoms with Crippen LogP contribution in [0.3, 0.4) is 0 Å². The number of nitrogens with one attached hydrogen (secondary N) is 3. The van der Waals surface area contributed by atoms with Gasteiger partial charge < -0.3 is 20.7 Å². The minimum atomic E-state index is -0.133. The van der Waals surface area contributed by atoms with Crippen LogP contribution in [0.1, 0.15) is 19.8 Å². The van der Waals surface area contributed by atoms with Gasteiger partial charge in [0.25, 0.3) is 0 Å².